The van der Waals surface area contributed by atoms with Gasteiger partial charge in [-0.25, -0.2) is 23.3 Å². The van der Waals surface area contributed by atoms with Crippen molar-refractivity contribution >= 4 is 17.0 Å². The summed E-state index contributed by atoms with van der Waals surface area (Å²) in [5, 5.41) is 6.48. The highest BCUT2D eigenvalue weighted by Gasteiger charge is 2.46. The predicted octanol–water partition coefficient (Wildman–Crippen LogP) is 5.37. The average molecular weight is 437 g/mol. The molecule has 0 saturated heterocycles. The van der Waals surface area contributed by atoms with Crippen LogP contribution in [0.15, 0.2) is 37.3 Å². The topological polar surface area (TPSA) is 55.1 Å². The van der Waals surface area contributed by atoms with Gasteiger partial charge in [-0.15, -0.1) is 0 Å². The molecule has 1 fully saturated rings. The van der Waals surface area contributed by atoms with Crippen molar-refractivity contribution in [1.29, 1.82) is 0 Å². The third-order valence-electron chi connectivity index (χ3n) is 5.57. The molecule has 4 rings (SSSR count). The van der Waals surface area contributed by atoms with E-state index in [2.05, 4.69) is 27.0 Å². The zero-order valence-electron chi connectivity index (χ0n) is 16.8. The van der Waals surface area contributed by atoms with Crippen molar-refractivity contribution in [3.63, 3.8) is 0 Å². The van der Waals surface area contributed by atoms with Crippen LogP contribution >= 0.6 is 0 Å². The summed E-state index contributed by atoms with van der Waals surface area (Å²) in [5.41, 5.74) is 3.80. The van der Waals surface area contributed by atoms with Gasteiger partial charge in [0, 0.05) is 36.4 Å². The first-order valence-corrected chi connectivity index (χ1v) is 9.66. The third kappa shape index (κ3) is 4.11. The van der Waals surface area contributed by atoms with Gasteiger partial charge in [0.2, 0.25) is 11.9 Å². The molecule has 0 spiro atoms. The summed E-state index contributed by atoms with van der Waals surface area (Å²) in [6.07, 6.45) is -0.0629. The highest BCUT2D eigenvalue weighted by Crippen LogP contribution is 2.49. The van der Waals surface area contributed by atoms with Crippen LogP contribution < -0.4 is 5.32 Å². The Morgan fingerprint density at radius 2 is 2.00 bits per heavy atom. The van der Waals surface area contributed by atoms with Crippen LogP contribution in [0.2, 0.25) is 0 Å². The minimum Gasteiger partial charge on any atom is -0.343 e. The van der Waals surface area contributed by atoms with Crippen molar-refractivity contribution in [1.82, 2.24) is 19.6 Å². The summed E-state index contributed by atoms with van der Waals surface area (Å²) in [4.78, 5) is 8.12. The molecule has 1 aliphatic rings. The van der Waals surface area contributed by atoms with Crippen LogP contribution in [-0.2, 0) is 0 Å². The van der Waals surface area contributed by atoms with Crippen LogP contribution in [0.5, 0.6) is 0 Å². The molecule has 0 aromatic carbocycles. The van der Waals surface area contributed by atoms with E-state index in [0.29, 0.717) is 16.8 Å². The Bertz CT molecular complexity index is 1140. The normalized spacial score (nSPS) is 17.4. The molecule has 1 saturated carbocycles. The van der Waals surface area contributed by atoms with Gasteiger partial charge in [-0.05, 0) is 43.0 Å². The molecule has 0 aliphatic heterocycles. The number of rotatable bonds is 5. The average Bonchev–Trinajstić information content (AvgIpc) is 3.07. The first-order chi connectivity index (χ1) is 14.4. The van der Waals surface area contributed by atoms with Gasteiger partial charge in [-0.3, -0.25) is 0 Å². The SMILES string of the molecule is C=C(c1ccn2ncc(C3CC(F)(F)C3)c2c1)c1cnc(NC(C)C(F)(F)F)nc1C. The van der Waals surface area contributed by atoms with E-state index in [-0.39, 0.29) is 24.7 Å². The van der Waals surface area contributed by atoms with Crippen molar-refractivity contribution in [2.45, 2.75) is 50.7 Å². The number of nitrogens with zero attached hydrogens (tertiary/aromatic N) is 4. The van der Waals surface area contributed by atoms with Crippen LogP contribution in [0.3, 0.4) is 0 Å². The molecule has 3 heterocycles. The molecule has 0 radical (unpaired) electrons. The van der Waals surface area contributed by atoms with Gasteiger partial charge in [0.25, 0.3) is 0 Å². The Balaban J connectivity index is 1.59. The van der Waals surface area contributed by atoms with Crippen LogP contribution in [0.1, 0.15) is 48.1 Å². The summed E-state index contributed by atoms with van der Waals surface area (Å²) in [7, 11) is 0. The predicted molar refractivity (Wildman–Crippen MR) is 106 cm³/mol. The lowest BCUT2D eigenvalue weighted by molar-refractivity contribution is -0.138. The number of nitrogens with one attached hydrogen (secondary N) is 1. The smallest absolute Gasteiger partial charge is 0.343 e. The zero-order chi connectivity index (χ0) is 22.6. The fourth-order valence-corrected chi connectivity index (χ4v) is 3.65. The van der Waals surface area contributed by atoms with Gasteiger partial charge >= 0.3 is 6.18 Å². The molecule has 0 amide bonds. The molecule has 164 valence electrons. The third-order valence-corrected chi connectivity index (χ3v) is 5.57. The molecule has 1 atom stereocenters. The Morgan fingerprint density at radius 1 is 1.29 bits per heavy atom. The summed E-state index contributed by atoms with van der Waals surface area (Å²) in [6.45, 7) is 6.72. The highest BCUT2D eigenvalue weighted by atomic mass is 19.4. The van der Waals surface area contributed by atoms with Crippen molar-refractivity contribution in [3.05, 3.63) is 59.7 Å². The molecular weight excluding hydrogens is 417 g/mol. The van der Waals surface area contributed by atoms with E-state index in [1.165, 1.54) is 6.20 Å². The lowest BCUT2D eigenvalue weighted by Crippen LogP contribution is -2.33. The lowest BCUT2D eigenvalue weighted by Gasteiger charge is -2.34. The van der Waals surface area contributed by atoms with Crippen molar-refractivity contribution in [3.8, 4) is 0 Å². The molecular formula is C21H20F5N5. The maximum Gasteiger partial charge on any atom is 0.408 e. The second-order valence-electron chi connectivity index (χ2n) is 7.89. The Labute approximate surface area is 175 Å². The Morgan fingerprint density at radius 3 is 2.61 bits per heavy atom. The number of halogens is 5. The maximum atomic E-state index is 13.3. The molecule has 3 aromatic heterocycles. The van der Waals surface area contributed by atoms with Gasteiger partial charge in [0.1, 0.15) is 6.04 Å². The highest BCUT2D eigenvalue weighted by molar-refractivity contribution is 5.81. The van der Waals surface area contributed by atoms with Gasteiger partial charge in [-0.1, -0.05) is 6.58 Å². The van der Waals surface area contributed by atoms with E-state index < -0.39 is 18.1 Å². The monoisotopic (exact) mass is 437 g/mol. The van der Waals surface area contributed by atoms with E-state index in [9.17, 15) is 22.0 Å². The van der Waals surface area contributed by atoms with Gasteiger partial charge in [0.05, 0.1) is 17.4 Å². The number of alkyl halides is 5. The van der Waals surface area contributed by atoms with Crippen molar-refractivity contribution in [2.24, 2.45) is 0 Å². The van der Waals surface area contributed by atoms with Gasteiger partial charge in [-0.2, -0.15) is 18.3 Å². The maximum absolute atomic E-state index is 13.3. The van der Waals surface area contributed by atoms with E-state index in [0.717, 1.165) is 23.6 Å². The minimum atomic E-state index is -4.41. The molecule has 1 unspecified atom stereocenters. The minimum absolute atomic E-state index is 0.127. The second-order valence-corrected chi connectivity index (χ2v) is 7.89. The Kier molecular flexibility index (Phi) is 4.98. The summed E-state index contributed by atoms with van der Waals surface area (Å²) < 4.78 is 66.5. The van der Waals surface area contributed by atoms with Crippen LogP contribution in [-0.4, -0.2) is 37.7 Å². The van der Waals surface area contributed by atoms with Crippen LogP contribution in [0.25, 0.3) is 11.1 Å². The molecule has 1 N–H and O–H groups in total. The second kappa shape index (κ2) is 7.28. The van der Waals surface area contributed by atoms with Crippen LogP contribution in [0.4, 0.5) is 27.9 Å². The van der Waals surface area contributed by atoms with Gasteiger partial charge < -0.3 is 5.32 Å². The molecule has 10 heteroatoms. The van der Waals surface area contributed by atoms with Crippen LogP contribution in [0, 0.1) is 6.92 Å². The summed E-state index contributed by atoms with van der Waals surface area (Å²) in [6, 6.07) is 1.81. The fourth-order valence-electron chi connectivity index (χ4n) is 3.65. The number of pyridine rings is 1. The molecule has 1 aliphatic carbocycles. The first-order valence-electron chi connectivity index (χ1n) is 9.66. The summed E-state index contributed by atoms with van der Waals surface area (Å²) >= 11 is 0. The van der Waals surface area contributed by atoms with Gasteiger partial charge in [0.15, 0.2) is 0 Å². The number of anilines is 1. The number of aromatic nitrogens is 4. The van der Waals surface area contributed by atoms with Crippen molar-refractivity contribution in [2.75, 3.05) is 5.32 Å². The fraction of sp³-hybridized carbons (Fsp3) is 0.381. The number of hydrogen-bond donors (Lipinski definition) is 1. The van der Waals surface area contributed by atoms with E-state index >= 15 is 0 Å². The van der Waals surface area contributed by atoms with E-state index in [1.807, 2.05) is 6.07 Å². The van der Waals surface area contributed by atoms with E-state index in [4.69, 9.17) is 0 Å². The molecule has 31 heavy (non-hydrogen) atoms. The quantitative estimate of drug-likeness (QED) is 0.546. The Hall–Kier alpha value is -3.04. The zero-order valence-corrected chi connectivity index (χ0v) is 16.8. The first kappa shape index (κ1) is 21.2. The molecule has 0 bridgehead atoms. The summed E-state index contributed by atoms with van der Waals surface area (Å²) in [5.74, 6) is -3.01. The standard InChI is InChI=1S/C21H20F5N5/c1-11(16-9-27-19(29-12(16)2)30-13(3)21(24,25)26)14-4-5-31-18(6-14)17(10-28-31)15-7-20(22,23)8-15/h4-6,9-10,13,15H,1,7-8H2,2-3H3,(H,27,29,30). The number of hydrogen-bond acceptors (Lipinski definition) is 4. The largest absolute Gasteiger partial charge is 0.408 e. The number of aryl methyl sites for hydroxylation is 1. The number of fused-ring (bicyclic) bond motifs is 1. The van der Waals surface area contributed by atoms with Crippen molar-refractivity contribution < 1.29 is 22.0 Å². The molecule has 5 nitrogen and oxygen atoms in total. The molecule has 3 aromatic rings. The lowest BCUT2D eigenvalue weighted by atomic mass is 9.77. The van der Waals surface area contributed by atoms with E-state index in [1.54, 1.807) is 29.9 Å².